The van der Waals surface area contributed by atoms with Crippen LogP contribution in [0.4, 0.5) is 9.18 Å². The first-order valence-electron chi connectivity index (χ1n) is 6.65. The molecule has 20 heavy (non-hydrogen) atoms. The molecule has 4 nitrogen and oxygen atoms in total. The van der Waals surface area contributed by atoms with Gasteiger partial charge in [-0.25, -0.2) is 9.18 Å². The first-order valence-corrected chi connectivity index (χ1v) is 6.65. The number of ether oxygens (including phenoxy) is 1. The van der Waals surface area contributed by atoms with E-state index in [1.807, 2.05) is 20.8 Å². The van der Waals surface area contributed by atoms with Gasteiger partial charge in [-0.2, -0.15) is 0 Å². The molecule has 0 bridgehead atoms. The van der Waals surface area contributed by atoms with Crippen molar-refractivity contribution in [1.29, 1.82) is 0 Å². The molecule has 0 aliphatic rings. The smallest absolute Gasteiger partial charge is 0.315 e. The predicted octanol–water partition coefficient (Wildman–Crippen LogP) is 2.44. The van der Waals surface area contributed by atoms with Crippen LogP contribution in [0.2, 0.25) is 0 Å². The van der Waals surface area contributed by atoms with E-state index >= 15 is 0 Å². The quantitative estimate of drug-likeness (QED) is 0.842. The summed E-state index contributed by atoms with van der Waals surface area (Å²) in [4.78, 5) is 11.7. The number of urea groups is 1. The monoisotopic (exact) mass is 282 g/mol. The Balaban J connectivity index is 2.55. The Morgan fingerprint density at radius 2 is 2.05 bits per heavy atom. The van der Waals surface area contributed by atoms with Crippen molar-refractivity contribution in [2.24, 2.45) is 0 Å². The Morgan fingerprint density at radius 3 is 2.65 bits per heavy atom. The number of halogens is 1. The third-order valence-electron chi connectivity index (χ3n) is 3.09. The van der Waals surface area contributed by atoms with Gasteiger partial charge in [-0.3, -0.25) is 0 Å². The Labute approximate surface area is 119 Å². The molecular formula is C15H23FN2O2. The SMILES string of the molecule is COCC(C)NC(=O)NCC(C)(C)c1ccccc1F. The summed E-state index contributed by atoms with van der Waals surface area (Å²) in [6.07, 6.45) is 0. The number of hydrogen-bond acceptors (Lipinski definition) is 2. The van der Waals surface area contributed by atoms with E-state index in [0.29, 0.717) is 18.7 Å². The minimum absolute atomic E-state index is 0.0726. The van der Waals surface area contributed by atoms with Crippen LogP contribution in [-0.2, 0) is 10.2 Å². The van der Waals surface area contributed by atoms with E-state index in [4.69, 9.17) is 4.74 Å². The lowest BCUT2D eigenvalue weighted by molar-refractivity contribution is 0.170. The topological polar surface area (TPSA) is 50.4 Å². The van der Waals surface area contributed by atoms with Crippen LogP contribution < -0.4 is 10.6 Å². The normalized spacial score (nSPS) is 12.8. The summed E-state index contributed by atoms with van der Waals surface area (Å²) in [5.74, 6) is -0.257. The largest absolute Gasteiger partial charge is 0.383 e. The first-order chi connectivity index (χ1) is 9.36. The average molecular weight is 282 g/mol. The van der Waals surface area contributed by atoms with Crippen LogP contribution in [0.15, 0.2) is 24.3 Å². The number of methoxy groups -OCH3 is 1. The standard InChI is InChI=1S/C15H23FN2O2/c1-11(9-20-4)18-14(19)17-10-15(2,3)12-7-5-6-8-13(12)16/h5-8,11H,9-10H2,1-4H3,(H2,17,18,19). The highest BCUT2D eigenvalue weighted by molar-refractivity contribution is 5.74. The molecule has 1 aromatic carbocycles. The first kappa shape index (κ1) is 16.4. The zero-order chi connectivity index (χ0) is 15.2. The number of nitrogens with one attached hydrogen (secondary N) is 2. The number of carbonyl (C=O) groups excluding carboxylic acids is 1. The van der Waals surface area contributed by atoms with Crippen LogP contribution in [0.5, 0.6) is 0 Å². The zero-order valence-electron chi connectivity index (χ0n) is 12.5. The minimum atomic E-state index is -0.479. The summed E-state index contributed by atoms with van der Waals surface area (Å²) in [6.45, 7) is 6.43. The molecule has 0 heterocycles. The molecule has 112 valence electrons. The molecule has 2 N–H and O–H groups in total. The fraction of sp³-hybridized carbons (Fsp3) is 0.533. The van der Waals surface area contributed by atoms with E-state index in [1.54, 1.807) is 25.3 Å². The molecule has 0 aromatic heterocycles. The van der Waals surface area contributed by atoms with Crippen LogP contribution in [0.3, 0.4) is 0 Å². The Kier molecular flexibility index (Phi) is 5.95. The van der Waals surface area contributed by atoms with Gasteiger partial charge in [0.15, 0.2) is 0 Å². The Hall–Kier alpha value is -1.62. The second kappa shape index (κ2) is 7.24. The molecule has 2 amide bonds. The molecule has 0 saturated carbocycles. The fourth-order valence-corrected chi connectivity index (χ4v) is 1.97. The summed E-state index contributed by atoms with van der Waals surface area (Å²) >= 11 is 0. The highest BCUT2D eigenvalue weighted by Crippen LogP contribution is 2.24. The van der Waals surface area contributed by atoms with Gasteiger partial charge in [0, 0.05) is 19.1 Å². The summed E-state index contributed by atoms with van der Waals surface area (Å²) < 4.78 is 18.7. The number of hydrogen-bond donors (Lipinski definition) is 2. The predicted molar refractivity (Wildman–Crippen MR) is 77.3 cm³/mol. The van der Waals surface area contributed by atoms with Gasteiger partial charge >= 0.3 is 6.03 Å². The average Bonchev–Trinajstić information content (AvgIpc) is 2.37. The molecule has 1 rings (SSSR count). The number of carbonyl (C=O) groups is 1. The molecule has 0 fully saturated rings. The number of benzene rings is 1. The maximum Gasteiger partial charge on any atom is 0.315 e. The van der Waals surface area contributed by atoms with Crippen LogP contribution in [0, 0.1) is 5.82 Å². The van der Waals surface area contributed by atoms with E-state index < -0.39 is 5.41 Å². The van der Waals surface area contributed by atoms with Gasteiger partial charge in [-0.15, -0.1) is 0 Å². The van der Waals surface area contributed by atoms with E-state index in [1.165, 1.54) is 6.07 Å². The summed E-state index contributed by atoms with van der Waals surface area (Å²) in [7, 11) is 1.58. The van der Waals surface area contributed by atoms with Gasteiger partial charge in [0.2, 0.25) is 0 Å². The van der Waals surface area contributed by atoms with Crippen LogP contribution in [-0.4, -0.2) is 32.3 Å². The van der Waals surface area contributed by atoms with Crippen molar-refractivity contribution < 1.29 is 13.9 Å². The van der Waals surface area contributed by atoms with Crippen LogP contribution in [0.25, 0.3) is 0 Å². The third kappa shape index (κ3) is 4.81. The maximum atomic E-state index is 13.8. The van der Waals surface area contributed by atoms with Gasteiger partial charge in [0.05, 0.1) is 12.6 Å². The molecule has 5 heteroatoms. The summed E-state index contributed by atoms with van der Waals surface area (Å²) in [5, 5.41) is 5.52. The van der Waals surface area contributed by atoms with Crippen molar-refractivity contribution in [3.8, 4) is 0 Å². The van der Waals surface area contributed by atoms with Gasteiger partial charge in [-0.1, -0.05) is 32.0 Å². The number of rotatable bonds is 6. The van der Waals surface area contributed by atoms with Crippen molar-refractivity contribution in [3.63, 3.8) is 0 Å². The molecular weight excluding hydrogens is 259 g/mol. The molecule has 1 unspecified atom stereocenters. The maximum absolute atomic E-state index is 13.8. The van der Waals surface area contributed by atoms with Crippen molar-refractivity contribution in [2.45, 2.75) is 32.2 Å². The molecule has 1 atom stereocenters. The van der Waals surface area contributed by atoms with E-state index in [9.17, 15) is 9.18 Å². The van der Waals surface area contributed by atoms with Crippen molar-refractivity contribution in [1.82, 2.24) is 10.6 Å². The van der Waals surface area contributed by atoms with E-state index in [0.717, 1.165) is 0 Å². The summed E-state index contributed by atoms with van der Waals surface area (Å²) in [6, 6.07) is 6.26. The molecule has 0 aliphatic carbocycles. The van der Waals surface area contributed by atoms with Gasteiger partial charge in [0.1, 0.15) is 5.82 Å². The van der Waals surface area contributed by atoms with Crippen LogP contribution >= 0.6 is 0 Å². The molecule has 0 spiro atoms. The molecule has 0 aliphatic heterocycles. The Morgan fingerprint density at radius 1 is 1.40 bits per heavy atom. The lowest BCUT2D eigenvalue weighted by atomic mass is 9.84. The third-order valence-corrected chi connectivity index (χ3v) is 3.09. The summed E-state index contributed by atoms with van der Waals surface area (Å²) in [5.41, 5.74) is 0.109. The lowest BCUT2D eigenvalue weighted by Crippen LogP contribution is -2.46. The molecule has 0 radical (unpaired) electrons. The van der Waals surface area contributed by atoms with Crippen molar-refractivity contribution in [3.05, 3.63) is 35.6 Å². The number of amides is 2. The van der Waals surface area contributed by atoms with E-state index in [2.05, 4.69) is 10.6 Å². The van der Waals surface area contributed by atoms with E-state index in [-0.39, 0.29) is 17.9 Å². The Bertz CT molecular complexity index is 449. The van der Waals surface area contributed by atoms with Crippen molar-refractivity contribution in [2.75, 3.05) is 20.3 Å². The second-order valence-corrected chi connectivity index (χ2v) is 5.55. The second-order valence-electron chi connectivity index (χ2n) is 5.55. The highest BCUT2D eigenvalue weighted by atomic mass is 19.1. The van der Waals surface area contributed by atoms with Gasteiger partial charge in [0.25, 0.3) is 0 Å². The van der Waals surface area contributed by atoms with Gasteiger partial charge < -0.3 is 15.4 Å². The van der Waals surface area contributed by atoms with Gasteiger partial charge in [-0.05, 0) is 18.6 Å². The zero-order valence-corrected chi connectivity index (χ0v) is 12.5. The van der Waals surface area contributed by atoms with Crippen molar-refractivity contribution >= 4 is 6.03 Å². The van der Waals surface area contributed by atoms with Crippen LogP contribution in [0.1, 0.15) is 26.3 Å². The fourth-order valence-electron chi connectivity index (χ4n) is 1.97. The lowest BCUT2D eigenvalue weighted by Gasteiger charge is -2.26. The minimum Gasteiger partial charge on any atom is -0.383 e. The highest BCUT2D eigenvalue weighted by Gasteiger charge is 2.24. The molecule has 1 aromatic rings. The molecule has 0 saturated heterocycles.